The quantitative estimate of drug-likeness (QED) is 0.411. The highest BCUT2D eigenvalue weighted by Gasteiger charge is 2.16. The molecule has 0 aliphatic rings. The summed E-state index contributed by atoms with van der Waals surface area (Å²) in [5.41, 5.74) is 4.76. The van der Waals surface area contributed by atoms with Crippen LogP contribution in [0.4, 0.5) is 0 Å². The molecule has 0 saturated heterocycles. The third kappa shape index (κ3) is 4.19. The standard InChI is InChI=1S/C6H8N2O4/c7-5(10)2-1-4(6(11)12)8-3-9/h4H,1-2H2,(H2,7,10)(H,11,12). The molecule has 0 bridgehead atoms. The van der Waals surface area contributed by atoms with Crippen molar-refractivity contribution in [2.75, 3.05) is 0 Å². The first-order chi connectivity index (χ1) is 5.57. The molecule has 0 saturated carbocycles. The molecule has 1 amide bonds. The summed E-state index contributed by atoms with van der Waals surface area (Å²) in [4.78, 5) is 33.2. The Morgan fingerprint density at radius 3 is 2.50 bits per heavy atom. The number of carbonyl (C=O) groups is 2. The van der Waals surface area contributed by atoms with Crippen molar-refractivity contribution < 1.29 is 19.5 Å². The number of rotatable bonds is 5. The van der Waals surface area contributed by atoms with Gasteiger partial charge in [-0.25, -0.2) is 9.59 Å². The molecule has 0 spiro atoms. The number of aliphatic carboxylic acids is 1. The highest BCUT2D eigenvalue weighted by atomic mass is 16.4. The van der Waals surface area contributed by atoms with Gasteiger partial charge in [-0.05, 0) is 6.42 Å². The number of aliphatic imine (C=N–C) groups is 1. The Balaban J connectivity index is 4.05. The Morgan fingerprint density at radius 1 is 1.58 bits per heavy atom. The average Bonchev–Trinajstić information content (AvgIpc) is 1.96. The Morgan fingerprint density at radius 2 is 2.17 bits per heavy atom. The van der Waals surface area contributed by atoms with Crippen LogP contribution in [0.3, 0.4) is 0 Å². The van der Waals surface area contributed by atoms with E-state index in [0.29, 0.717) is 0 Å². The maximum Gasteiger partial charge on any atom is 0.329 e. The largest absolute Gasteiger partial charge is 0.480 e. The van der Waals surface area contributed by atoms with Crippen molar-refractivity contribution in [3.8, 4) is 0 Å². The van der Waals surface area contributed by atoms with Crippen LogP contribution in [-0.4, -0.2) is 29.1 Å². The van der Waals surface area contributed by atoms with Gasteiger partial charge in [-0.2, -0.15) is 4.99 Å². The van der Waals surface area contributed by atoms with Gasteiger partial charge in [0.15, 0.2) is 6.04 Å². The zero-order chi connectivity index (χ0) is 9.56. The minimum atomic E-state index is -1.26. The molecular weight excluding hydrogens is 164 g/mol. The second kappa shape index (κ2) is 5.03. The minimum Gasteiger partial charge on any atom is -0.480 e. The first kappa shape index (κ1) is 10.3. The summed E-state index contributed by atoms with van der Waals surface area (Å²) in [7, 11) is 0. The number of carboxylic acids is 1. The molecule has 12 heavy (non-hydrogen) atoms. The van der Waals surface area contributed by atoms with E-state index in [2.05, 4.69) is 4.99 Å². The number of hydrogen-bond acceptors (Lipinski definition) is 4. The summed E-state index contributed by atoms with van der Waals surface area (Å²) in [6.07, 6.45) is 0.936. The molecule has 0 fully saturated rings. The Labute approximate surface area is 68.1 Å². The van der Waals surface area contributed by atoms with Crippen LogP contribution in [-0.2, 0) is 14.4 Å². The van der Waals surface area contributed by atoms with E-state index in [1.54, 1.807) is 0 Å². The van der Waals surface area contributed by atoms with E-state index in [1.165, 1.54) is 0 Å². The van der Waals surface area contributed by atoms with Crippen LogP contribution in [0.25, 0.3) is 0 Å². The Kier molecular flexibility index (Phi) is 4.33. The van der Waals surface area contributed by atoms with Gasteiger partial charge in [-0.1, -0.05) is 0 Å². The fourth-order valence-corrected chi connectivity index (χ4v) is 0.586. The van der Waals surface area contributed by atoms with Crippen molar-refractivity contribution in [1.29, 1.82) is 0 Å². The molecule has 0 aliphatic carbocycles. The lowest BCUT2D eigenvalue weighted by Crippen LogP contribution is -2.21. The van der Waals surface area contributed by atoms with Crippen LogP contribution >= 0.6 is 0 Å². The molecule has 0 radical (unpaired) electrons. The van der Waals surface area contributed by atoms with E-state index in [1.807, 2.05) is 0 Å². The van der Waals surface area contributed by atoms with Gasteiger partial charge in [0.2, 0.25) is 12.0 Å². The van der Waals surface area contributed by atoms with Crippen molar-refractivity contribution in [3.63, 3.8) is 0 Å². The number of amides is 1. The number of isocyanates is 1. The molecule has 0 aromatic rings. The molecule has 1 unspecified atom stereocenters. The zero-order valence-electron chi connectivity index (χ0n) is 6.19. The molecule has 6 heteroatoms. The van der Waals surface area contributed by atoms with Gasteiger partial charge in [-0.3, -0.25) is 4.79 Å². The van der Waals surface area contributed by atoms with E-state index >= 15 is 0 Å². The maximum absolute atomic E-state index is 10.3. The van der Waals surface area contributed by atoms with E-state index in [9.17, 15) is 14.4 Å². The highest BCUT2D eigenvalue weighted by Crippen LogP contribution is 2.00. The number of hydrogen-bond donors (Lipinski definition) is 2. The van der Waals surface area contributed by atoms with E-state index < -0.39 is 17.9 Å². The van der Waals surface area contributed by atoms with E-state index in [0.717, 1.165) is 6.08 Å². The molecule has 66 valence electrons. The highest BCUT2D eigenvalue weighted by molar-refractivity contribution is 5.77. The lowest BCUT2D eigenvalue weighted by Gasteiger charge is -2.01. The minimum absolute atomic E-state index is 0.0695. The normalized spacial score (nSPS) is 11.3. The number of nitrogens with two attached hydrogens (primary N) is 1. The first-order valence-electron chi connectivity index (χ1n) is 3.16. The van der Waals surface area contributed by atoms with Gasteiger partial charge in [0.25, 0.3) is 0 Å². The molecule has 0 aromatic carbocycles. The summed E-state index contributed by atoms with van der Waals surface area (Å²) in [6, 6.07) is -1.21. The number of carboxylic acid groups (broad SMARTS) is 1. The fourth-order valence-electron chi connectivity index (χ4n) is 0.586. The smallest absolute Gasteiger partial charge is 0.329 e. The predicted molar refractivity (Wildman–Crippen MR) is 38.0 cm³/mol. The van der Waals surface area contributed by atoms with Crippen molar-refractivity contribution >= 4 is 18.0 Å². The van der Waals surface area contributed by atoms with Crippen LogP contribution in [0.2, 0.25) is 0 Å². The number of primary amides is 1. The molecule has 0 aliphatic heterocycles. The topological polar surface area (TPSA) is 110 Å². The lowest BCUT2D eigenvalue weighted by molar-refractivity contribution is -0.138. The molecule has 6 nitrogen and oxygen atoms in total. The second-order valence-electron chi connectivity index (χ2n) is 2.08. The Hall–Kier alpha value is -1.68. The molecular formula is C6H8N2O4. The summed E-state index contributed by atoms with van der Waals surface area (Å²) in [6.45, 7) is 0. The van der Waals surface area contributed by atoms with Gasteiger partial charge in [-0.15, -0.1) is 0 Å². The van der Waals surface area contributed by atoms with Crippen molar-refractivity contribution in [2.45, 2.75) is 18.9 Å². The zero-order valence-corrected chi connectivity index (χ0v) is 6.19. The third-order valence-electron chi connectivity index (χ3n) is 1.16. The Bertz CT molecular complexity index is 230. The molecule has 1 atom stereocenters. The number of carbonyl (C=O) groups excluding carboxylic acids is 2. The van der Waals surface area contributed by atoms with Gasteiger partial charge >= 0.3 is 5.97 Å². The molecule has 0 rings (SSSR count). The molecule has 3 N–H and O–H groups in total. The summed E-state index contributed by atoms with van der Waals surface area (Å²) in [5, 5.41) is 8.39. The SMILES string of the molecule is NC(=O)CCC(N=C=O)C(=O)O. The summed E-state index contributed by atoms with van der Waals surface area (Å²) in [5.74, 6) is -1.89. The second-order valence-corrected chi connectivity index (χ2v) is 2.08. The van der Waals surface area contributed by atoms with Gasteiger partial charge < -0.3 is 10.8 Å². The molecule has 0 aromatic heterocycles. The van der Waals surface area contributed by atoms with Crippen molar-refractivity contribution in [2.24, 2.45) is 10.7 Å². The van der Waals surface area contributed by atoms with Crippen molar-refractivity contribution in [1.82, 2.24) is 0 Å². The van der Waals surface area contributed by atoms with Gasteiger partial charge in [0.1, 0.15) is 0 Å². The number of nitrogens with zero attached hydrogens (tertiary/aromatic N) is 1. The third-order valence-corrected chi connectivity index (χ3v) is 1.16. The van der Waals surface area contributed by atoms with Gasteiger partial charge in [0, 0.05) is 6.42 Å². The predicted octanol–water partition coefficient (Wildman–Crippen LogP) is -0.959. The first-order valence-corrected chi connectivity index (χ1v) is 3.16. The van der Waals surface area contributed by atoms with Crippen LogP contribution in [0, 0.1) is 0 Å². The van der Waals surface area contributed by atoms with Gasteiger partial charge in [0.05, 0.1) is 0 Å². The van der Waals surface area contributed by atoms with Crippen LogP contribution < -0.4 is 5.73 Å². The monoisotopic (exact) mass is 172 g/mol. The fraction of sp³-hybridized carbons (Fsp3) is 0.500. The van der Waals surface area contributed by atoms with E-state index in [-0.39, 0.29) is 12.8 Å². The van der Waals surface area contributed by atoms with Crippen molar-refractivity contribution in [3.05, 3.63) is 0 Å². The summed E-state index contributed by atoms with van der Waals surface area (Å²) >= 11 is 0. The maximum atomic E-state index is 10.3. The summed E-state index contributed by atoms with van der Waals surface area (Å²) < 4.78 is 0. The molecule has 0 heterocycles. The van der Waals surface area contributed by atoms with Crippen LogP contribution in [0.15, 0.2) is 4.99 Å². The average molecular weight is 172 g/mol. The van der Waals surface area contributed by atoms with Crippen LogP contribution in [0.1, 0.15) is 12.8 Å². The lowest BCUT2D eigenvalue weighted by atomic mass is 10.1. The van der Waals surface area contributed by atoms with Crippen LogP contribution in [0.5, 0.6) is 0 Å². The van der Waals surface area contributed by atoms with E-state index in [4.69, 9.17) is 10.8 Å².